The van der Waals surface area contributed by atoms with Gasteiger partial charge in [0, 0.05) is 12.6 Å². The molecule has 0 aromatic heterocycles. The second kappa shape index (κ2) is 5.17. The van der Waals surface area contributed by atoms with Gasteiger partial charge < -0.3 is 10.2 Å². The van der Waals surface area contributed by atoms with E-state index in [1.165, 1.54) is 6.42 Å². The first-order valence-corrected chi connectivity index (χ1v) is 7.00. The second-order valence-electron chi connectivity index (χ2n) is 4.52. The van der Waals surface area contributed by atoms with Crippen molar-refractivity contribution in [3.8, 4) is 0 Å². The van der Waals surface area contributed by atoms with Crippen LogP contribution in [0.5, 0.6) is 0 Å². The summed E-state index contributed by atoms with van der Waals surface area (Å²) in [6.07, 6.45) is 5.12. The molecule has 2 fully saturated rings. The highest BCUT2D eigenvalue weighted by molar-refractivity contribution is 9.09. The zero-order valence-electron chi connectivity index (χ0n) is 9.25. The van der Waals surface area contributed by atoms with E-state index in [1.54, 1.807) is 4.90 Å². The number of alkyl halides is 1. The van der Waals surface area contributed by atoms with Gasteiger partial charge in [-0.3, -0.25) is 9.59 Å². The fourth-order valence-electron chi connectivity index (χ4n) is 2.26. The normalized spacial score (nSPS) is 25.3. The molecule has 2 rings (SSSR count). The molecule has 0 spiro atoms. The number of carbonyl (C=O) groups is 2. The summed E-state index contributed by atoms with van der Waals surface area (Å²) in [6.45, 7) is 0.715. The van der Waals surface area contributed by atoms with E-state index < -0.39 is 0 Å². The predicted molar refractivity (Wildman–Crippen MR) is 64.3 cm³/mol. The molecule has 1 N–H and O–H groups in total. The first kappa shape index (κ1) is 11.9. The molecule has 16 heavy (non-hydrogen) atoms. The fraction of sp³-hybridized carbons (Fsp3) is 0.818. The molecule has 1 saturated carbocycles. The molecular weight excluding hydrogens is 272 g/mol. The van der Waals surface area contributed by atoms with Crippen LogP contribution in [-0.4, -0.2) is 40.7 Å². The van der Waals surface area contributed by atoms with Crippen molar-refractivity contribution < 1.29 is 9.59 Å². The van der Waals surface area contributed by atoms with Gasteiger partial charge >= 0.3 is 0 Å². The molecule has 1 aliphatic heterocycles. The number of rotatable bonds is 3. The van der Waals surface area contributed by atoms with Gasteiger partial charge in [0.2, 0.25) is 11.8 Å². The number of hydrogen-bond acceptors (Lipinski definition) is 2. The van der Waals surface area contributed by atoms with Gasteiger partial charge in [0.1, 0.15) is 6.04 Å². The third-order valence-corrected chi connectivity index (χ3v) is 3.92. The molecule has 0 aromatic rings. The number of likely N-dealkylation sites (tertiary alicyclic amines) is 1. The van der Waals surface area contributed by atoms with Crippen LogP contribution >= 0.6 is 15.9 Å². The van der Waals surface area contributed by atoms with Gasteiger partial charge in [0.25, 0.3) is 0 Å². The summed E-state index contributed by atoms with van der Waals surface area (Å²) >= 11 is 3.15. The monoisotopic (exact) mass is 288 g/mol. The Kier molecular flexibility index (Phi) is 3.84. The van der Waals surface area contributed by atoms with E-state index in [4.69, 9.17) is 0 Å². The van der Waals surface area contributed by atoms with Crippen molar-refractivity contribution >= 4 is 27.7 Å². The number of nitrogens with one attached hydrogen (secondary N) is 1. The first-order valence-electron chi connectivity index (χ1n) is 5.88. The van der Waals surface area contributed by atoms with E-state index in [0.29, 0.717) is 17.9 Å². The Hall–Kier alpha value is -0.580. The number of hydrogen-bond donors (Lipinski definition) is 1. The van der Waals surface area contributed by atoms with Crippen LogP contribution in [-0.2, 0) is 9.59 Å². The van der Waals surface area contributed by atoms with E-state index in [1.807, 2.05) is 0 Å². The van der Waals surface area contributed by atoms with Gasteiger partial charge in [0.15, 0.2) is 0 Å². The molecule has 0 radical (unpaired) electrons. The van der Waals surface area contributed by atoms with Crippen molar-refractivity contribution in [3.63, 3.8) is 0 Å². The number of halogens is 1. The van der Waals surface area contributed by atoms with Gasteiger partial charge in [0.05, 0.1) is 5.33 Å². The highest BCUT2D eigenvalue weighted by Crippen LogP contribution is 2.21. The van der Waals surface area contributed by atoms with Gasteiger partial charge in [-0.05, 0) is 32.1 Å². The van der Waals surface area contributed by atoms with Crippen LogP contribution < -0.4 is 5.32 Å². The predicted octanol–water partition coefficient (Wildman–Crippen LogP) is 1.04. The van der Waals surface area contributed by atoms with Crippen molar-refractivity contribution in [1.82, 2.24) is 10.2 Å². The van der Waals surface area contributed by atoms with Crippen LogP contribution in [0.25, 0.3) is 0 Å². The van der Waals surface area contributed by atoms with Gasteiger partial charge in [-0.2, -0.15) is 0 Å². The molecule has 2 aliphatic rings. The van der Waals surface area contributed by atoms with Crippen LogP contribution in [0, 0.1) is 0 Å². The van der Waals surface area contributed by atoms with Crippen molar-refractivity contribution in [2.24, 2.45) is 0 Å². The van der Waals surface area contributed by atoms with Crippen LogP contribution in [0.3, 0.4) is 0 Å². The lowest BCUT2D eigenvalue weighted by molar-refractivity contribution is -0.137. The molecule has 90 valence electrons. The summed E-state index contributed by atoms with van der Waals surface area (Å²) in [5.41, 5.74) is 0. The maximum atomic E-state index is 12.0. The maximum absolute atomic E-state index is 12.0. The molecule has 1 saturated heterocycles. The Morgan fingerprint density at radius 3 is 2.56 bits per heavy atom. The SMILES string of the molecule is O=C(NC1CCC1)[C@@H]1CCCN1C(=O)CBr. The number of nitrogens with zero attached hydrogens (tertiary/aromatic N) is 1. The van der Waals surface area contributed by atoms with Crippen molar-refractivity contribution in [1.29, 1.82) is 0 Å². The Bertz CT molecular complexity index is 292. The summed E-state index contributed by atoms with van der Waals surface area (Å²) in [5.74, 6) is 0.0581. The zero-order valence-corrected chi connectivity index (χ0v) is 10.8. The minimum Gasteiger partial charge on any atom is -0.352 e. The molecule has 0 unspecified atom stereocenters. The minimum atomic E-state index is -0.231. The van der Waals surface area contributed by atoms with Crippen LogP contribution in [0.4, 0.5) is 0 Å². The van der Waals surface area contributed by atoms with Crippen LogP contribution in [0.2, 0.25) is 0 Å². The van der Waals surface area contributed by atoms with Crippen LogP contribution in [0.15, 0.2) is 0 Å². The number of amides is 2. The standard InChI is InChI=1S/C11H17BrN2O2/c12-7-10(15)14-6-2-5-9(14)11(16)13-8-3-1-4-8/h8-9H,1-7H2,(H,13,16)/t9-/m0/s1. The van der Waals surface area contributed by atoms with E-state index >= 15 is 0 Å². The Labute approximate surface area is 104 Å². The summed E-state index contributed by atoms with van der Waals surface area (Å²) in [6, 6.07) is 0.125. The molecule has 0 bridgehead atoms. The molecule has 1 aliphatic carbocycles. The van der Waals surface area contributed by atoms with E-state index in [9.17, 15) is 9.59 Å². The molecule has 1 heterocycles. The quantitative estimate of drug-likeness (QED) is 0.789. The van der Waals surface area contributed by atoms with Crippen molar-refractivity contribution in [2.75, 3.05) is 11.9 Å². The number of carbonyl (C=O) groups excluding carboxylic acids is 2. The Morgan fingerprint density at radius 1 is 1.25 bits per heavy atom. The summed E-state index contributed by atoms with van der Waals surface area (Å²) in [4.78, 5) is 25.3. The molecule has 5 heteroatoms. The van der Waals surface area contributed by atoms with Gasteiger partial charge in [-0.15, -0.1) is 0 Å². The Morgan fingerprint density at radius 2 is 2.00 bits per heavy atom. The molecule has 2 amide bonds. The third-order valence-electron chi connectivity index (χ3n) is 3.44. The summed E-state index contributed by atoms with van der Waals surface area (Å²) in [7, 11) is 0. The molecule has 0 aromatic carbocycles. The lowest BCUT2D eigenvalue weighted by atomic mass is 9.93. The van der Waals surface area contributed by atoms with Crippen molar-refractivity contribution in [3.05, 3.63) is 0 Å². The van der Waals surface area contributed by atoms with E-state index in [2.05, 4.69) is 21.2 Å². The van der Waals surface area contributed by atoms with E-state index in [-0.39, 0.29) is 17.9 Å². The highest BCUT2D eigenvalue weighted by atomic mass is 79.9. The topological polar surface area (TPSA) is 49.4 Å². The lowest BCUT2D eigenvalue weighted by Crippen LogP contribution is -2.50. The summed E-state index contributed by atoms with van der Waals surface area (Å²) in [5, 5.41) is 3.32. The molecule has 4 nitrogen and oxygen atoms in total. The lowest BCUT2D eigenvalue weighted by Gasteiger charge is -2.30. The fourth-order valence-corrected chi connectivity index (χ4v) is 2.59. The molecule has 1 atom stereocenters. The highest BCUT2D eigenvalue weighted by Gasteiger charge is 2.34. The molecular formula is C11H17BrN2O2. The summed E-state index contributed by atoms with van der Waals surface area (Å²) < 4.78 is 0. The average Bonchev–Trinajstić information content (AvgIpc) is 2.70. The third kappa shape index (κ3) is 2.39. The second-order valence-corrected chi connectivity index (χ2v) is 5.08. The van der Waals surface area contributed by atoms with Gasteiger partial charge in [-0.1, -0.05) is 15.9 Å². The minimum absolute atomic E-state index is 0.0197. The zero-order chi connectivity index (χ0) is 11.5. The largest absolute Gasteiger partial charge is 0.352 e. The van der Waals surface area contributed by atoms with Gasteiger partial charge in [-0.25, -0.2) is 0 Å². The smallest absolute Gasteiger partial charge is 0.243 e. The first-order chi connectivity index (χ1) is 7.72. The Balaban J connectivity index is 1.90. The van der Waals surface area contributed by atoms with Crippen molar-refractivity contribution in [2.45, 2.75) is 44.2 Å². The van der Waals surface area contributed by atoms with Crippen LogP contribution in [0.1, 0.15) is 32.1 Å². The van der Waals surface area contributed by atoms with E-state index in [0.717, 1.165) is 25.7 Å². The average molecular weight is 289 g/mol. The maximum Gasteiger partial charge on any atom is 0.243 e.